The first kappa shape index (κ1) is 20.6. The van der Waals surface area contributed by atoms with Gasteiger partial charge in [0.1, 0.15) is 5.00 Å². The molecule has 1 heterocycles. The number of thiophene rings is 1. The Bertz CT molecular complexity index is 1010. The van der Waals surface area contributed by atoms with E-state index in [2.05, 4.69) is 5.32 Å². The minimum Gasteiger partial charge on any atom is -0.462 e. The summed E-state index contributed by atoms with van der Waals surface area (Å²) in [5, 5.41) is 2.88. The average Bonchev–Trinajstić information content (AvgIpc) is 3.12. The molecule has 0 spiro atoms. The molecular formula is C21H16F3NO3S. The van der Waals surface area contributed by atoms with Crippen LogP contribution < -0.4 is 5.32 Å². The lowest BCUT2D eigenvalue weighted by molar-refractivity contribution is -0.137. The van der Waals surface area contributed by atoms with E-state index in [4.69, 9.17) is 4.74 Å². The number of carbonyl (C=O) groups is 2. The minimum atomic E-state index is -4.48. The highest BCUT2D eigenvalue weighted by Crippen LogP contribution is 2.36. The predicted molar refractivity (Wildman–Crippen MR) is 105 cm³/mol. The van der Waals surface area contributed by atoms with Crippen molar-refractivity contribution in [3.8, 4) is 10.4 Å². The molecule has 3 rings (SSSR count). The standard InChI is InChI=1S/C21H16F3NO3S/c1-2-28-20(27)16-12-17(13-6-4-3-5-7-13)29-19(16)25-18(26)14-8-10-15(11-9-14)21(22,23)24/h3-12H,2H2,1H3,(H,25,26). The number of nitrogens with one attached hydrogen (secondary N) is 1. The number of carbonyl (C=O) groups excluding carboxylic acids is 2. The van der Waals surface area contributed by atoms with Crippen LogP contribution in [-0.2, 0) is 10.9 Å². The summed E-state index contributed by atoms with van der Waals surface area (Å²) in [5.41, 5.74) is 0.250. The van der Waals surface area contributed by atoms with Gasteiger partial charge in [-0.05, 0) is 42.8 Å². The van der Waals surface area contributed by atoms with Crippen LogP contribution in [0.25, 0.3) is 10.4 Å². The predicted octanol–water partition coefficient (Wildman–Crippen LogP) is 5.86. The third-order valence-electron chi connectivity index (χ3n) is 3.99. The van der Waals surface area contributed by atoms with Crippen LogP contribution in [0.2, 0.25) is 0 Å². The molecule has 150 valence electrons. The molecule has 0 saturated carbocycles. The number of rotatable bonds is 5. The van der Waals surface area contributed by atoms with Crippen LogP contribution in [0.3, 0.4) is 0 Å². The number of amides is 1. The maximum absolute atomic E-state index is 12.7. The Kier molecular flexibility index (Phi) is 6.03. The zero-order chi connectivity index (χ0) is 21.0. The molecule has 0 aliphatic carbocycles. The molecule has 1 amide bonds. The van der Waals surface area contributed by atoms with E-state index >= 15 is 0 Å². The lowest BCUT2D eigenvalue weighted by Crippen LogP contribution is -2.14. The van der Waals surface area contributed by atoms with E-state index in [1.54, 1.807) is 13.0 Å². The molecular weight excluding hydrogens is 403 g/mol. The molecule has 1 aromatic heterocycles. The summed E-state index contributed by atoms with van der Waals surface area (Å²) in [7, 11) is 0. The van der Waals surface area contributed by atoms with Gasteiger partial charge in [-0.3, -0.25) is 4.79 Å². The van der Waals surface area contributed by atoms with Gasteiger partial charge in [-0.1, -0.05) is 30.3 Å². The maximum atomic E-state index is 12.7. The third-order valence-corrected chi connectivity index (χ3v) is 5.09. The van der Waals surface area contributed by atoms with Crippen LogP contribution >= 0.6 is 11.3 Å². The summed E-state index contributed by atoms with van der Waals surface area (Å²) in [5.74, 6) is -1.21. The van der Waals surface area contributed by atoms with Gasteiger partial charge in [0, 0.05) is 10.4 Å². The van der Waals surface area contributed by atoms with Gasteiger partial charge in [0.05, 0.1) is 17.7 Å². The second-order valence-electron chi connectivity index (χ2n) is 5.97. The number of hydrogen-bond acceptors (Lipinski definition) is 4. The molecule has 29 heavy (non-hydrogen) atoms. The maximum Gasteiger partial charge on any atom is 0.416 e. The molecule has 8 heteroatoms. The monoisotopic (exact) mass is 419 g/mol. The van der Waals surface area contributed by atoms with E-state index in [9.17, 15) is 22.8 Å². The summed E-state index contributed by atoms with van der Waals surface area (Å²) in [6.45, 7) is 1.84. The fourth-order valence-corrected chi connectivity index (χ4v) is 3.62. The lowest BCUT2D eigenvalue weighted by Gasteiger charge is -2.08. The summed E-state index contributed by atoms with van der Waals surface area (Å²) in [4.78, 5) is 25.6. The van der Waals surface area contributed by atoms with Crippen molar-refractivity contribution >= 4 is 28.2 Å². The zero-order valence-corrected chi connectivity index (χ0v) is 16.1. The van der Waals surface area contributed by atoms with Gasteiger partial charge in [-0.25, -0.2) is 4.79 Å². The molecule has 1 N–H and O–H groups in total. The van der Waals surface area contributed by atoms with Gasteiger partial charge in [0.2, 0.25) is 0 Å². The van der Waals surface area contributed by atoms with Crippen LogP contribution in [0.4, 0.5) is 18.2 Å². The highest BCUT2D eigenvalue weighted by molar-refractivity contribution is 7.20. The number of esters is 1. The zero-order valence-electron chi connectivity index (χ0n) is 15.2. The summed E-state index contributed by atoms with van der Waals surface area (Å²) in [6, 6.07) is 14.8. The SMILES string of the molecule is CCOC(=O)c1cc(-c2ccccc2)sc1NC(=O)c1ccc(C(F)(F)F)cc1. The van der Waals surface area contributed by atoms with Gasteiger partial charge in [0.15, 0.2) is 0 Å². The summed E-state index contributed by atoms with van der Waals surface area (Å²) >= 11 is 1.18. The number of halogens is 3. The second-order valence-corrected chi connectivity index (χ2v) is 7.02. The first-order valence-corrected chi connectivity index (χ1v) is 9.46. The van der Waals surface area contributed by atoms with Crippen LogP contribution in [-0.4, -0.2) is 18.5 Å². The first-order valence-electron chi connectivity index (χ1n) is 8.64. The molecule has 2 aromatic carbocycles. The van der Waals surface area contributed by atoms with Crippen molar-refractivity contribution in [1.82, 2.24) is 0 Å². The molecule has 0 aliphatic rings. The van der Waals surface area contributed by atoms with E-state index in [1.165, 1.54) is 11.3 Å². The van der Waals surface area contributed by atoms with Crippen LogP contribution in [0.15, 0.2) is 60.7 Å². The van der Waals surface area contributed by atoms with Gasteiger partial charge < -0.3 is 10.1 Å². The van der Waals surface area contributed by atoms with Crippen molar-refractivity contribution in [2.75, 3.05) is 11.9 Å². The van der Waals surface area contributed by atoms with Crippen molar-refractivity contribution < 1.29 is 27.5 Å². The Morgan fingerprint density at radius 2 is 1.69 bits per heavy atom. The Morgan fingerprint density at radius 1 is 1.03 bits per heavy atom. The fraction of sp³-hybridized carbons (Fsp3) is 0.143. The third kappa shape index (κ3) is 4.83. The van der Waals surface area contributed by atoms with Crippen LogP contribution in [0.1, 0.15) is 33.2 Å². The highest BCUT2D eigenvalue weighted by Gasteiger charge is 2.30. The molecule has 0 unspecified atom stereocenters. The molecule has 3 aromatic rings. The minimum absolute atomic E-state index is 0.0440. The van der Waals surface area contributed by atoms with Crippen molar-refractivity contribution in [3.05, 3.63) is 77.4 Å². The average molecular weight is 419 g/mol. The van der Waals surface area contributed by atoms with Crippen molar-refractivity contribution in [2.24, 2.45) is 0 Å². The quantitative estimate of drug-likeness (QED) is 0.527. The first-order chi connectivity index (χ1) is 13.8. The van der Waals surface area contributed by atoms with Gasteiger partial charge in [0.25, 0.3) is 5.91 Å². The fourth-order valence-electron chi connectivity index (χ4n) is 2.57. The Balaban J connectivity index is 1.89. The van der Waals surface area contributed by atoms with Crippen molar-refractivity contribution in [3.63, 3.8) is 0 Å². The van der Waals surface area contributed by atoms with E-state index in [0.29, 0.717) is 0 Å². The largest absolute Gasteiger partial charge is 0.462 e. The van der Waals surface area contributed by atoms with E-state index < -0.39 is 23.6 Å². The van der Waals surface area contributed by atoms with Gasteiger partial charge in [-0.15, -0.1) is 11.3 Å². The Labute approximate surface area is 168 Å². The topological polar surface area (TPSA) is 55.4 Å². The van der Waals surface area contributed by atoms with E-state index in [-0.39, 0.29) is 22.7 Å². The second kappa shape index (κ2) is 8.48. The summed E-state index contributed by atoms with van der Waals surface area (Å²) in [6.07, 6.45) is -4.48. The van der Waals surface area contributed by atoms with Gasteiger partial charge >= 0.3 is 12.1 Å². The lowest BCUT2D eigenvalue weighted by atomic mass is 10.1. The number of alkyl halides is 3. The highest BCUT2D eigenvalue weighted by atomic mass is 32.1. The number of hydrogen-bond donors (Lipinski definition) is 1. The molecule has 0 atom stereocenters. The number of ether oxygens (including phenoxy) is 1. The number of benzene rings is 2. The van der Waals surface area contributed by atoms with E-state index in [0.717, 1.165) is 34.7 Å². The van der Waals surface area contributed by atoms with Crippen LogP contribution in [0.5, 0.6) is 0 Å². The Morgan fingerprint density at radius 3 is 2.28 bits per heavy atom. The Hall–Kier alpha value is -3.13. The molecule has 0 aliphatic heterocycles. The van der Waals surface area contributed by atoms with Gasteiger partial charge in [-0.2, -0.15) is 13.2 Å². The molecule has 0 bridgehead atoms. The smallest absolute Gasteiger partial charge is 0.416 e. The van der Waals surface area contributed by atoms with Crippen LogP contribution in [0, 0.1) is 0 Å². The number of anilines is 1. The molecule has 0 radical (unpaired) electrons. The van der Waals surface area contributed by atoms with E-state index in [1.807, 2.05) is 30.3 Å². The molecule has 0 saturated heterocycles. The summed E-state index contributed by atoms with van der Waals surface area (Å²) < 4.78 is 43.1. The molecule has 4 nitrogen and oxygen atoms in total. The normalized spacial score (nSPS) is 11.2. The molecule has 0 fully saturated rings. The van der Waals surface area contributed by atoms with Crippen molar-refractivity contribution in [1.29, 1.82) is 0 Å². The van der Waals surface area contributed by atoms with Crippen molar-refractivity contribution in [2.45, 2.75) is 13.1 Å².